The van der Waals surface area contributed by atoms with Gasteiger partial charge in [-0.25, -0.2) is 0 Å². The monoisotopic (exact) mass is 211 g/mol. The summed E-state index contributed by atoms with van der Waals surface area (Å²) in [7, 11) is -2.09. The van der Waals surface area contributed by atoms with Crippen molar-refractivity contribution in [3.05, 3.63) is 12.2 Å². The number of rotatable bonds is 0. The molecule has 1 nitrogen and oxygen atoms in total. The first kappa shape index (κ1) is 10.7. The second-order valence-corrected chi connectivity index (χ2v) is 8.24. The molecule has 76 valence electrons. The van der Waals surface area contributed by atoms with E-state index in [1.165, 1.54) is 0 Å². The summed E-state index contributed by atoms with van der Waals surface area (Å²) in [4.78, 5) is 0. The standard InChI is InChI=1S/C8H13F3NP/c1-6-4-5-7(8(9,10)11)12-13(6,2)3/h4-6,13H,1-3H3. The van der Waals surface area contributed by atoms with Crippen molar-refractivity contribution < 1.29 is 13.2 Å². The second-order valence-electron chi connectivity index (χ2n) is 3.80. The van der Waals surface area contributed by atoms with E-state index in [9.17, 15) is 13.2 Å². The van der Waals surface area contributed by atoms with Gasteiger partial charge in [0, 0.05) is 0 Å². The fourth-order valence-electron chi connectivity index (χ4n) is 1.08. The molecule has 1 atom stereocenters. The molecule has 0 fully saturated rings. The van der Waals surface area contributed by atoms with Crippen LogP contribution < -0.4 is 0 Å². The Morgan fingerprint density at radius 3 is 2.31 bits per heavy atom. The van der Waals surface area contributed by atoms with Gasteiger partial charge in [-0.2, -0.15) is 0 Å². The summed E-state index contributed by atoms with van der Waals surface area (Å²) >= 11 is 0. The van der Waals surface area contributed by atoms with Crippen LogP contribution in [0.5, 0.6) is 0 Å². The number of alkyl halides is 3. The summed E-state index contributed by atoms with van der Waals surface area (Å²) in [5.41, 5.74) is -0.541. The molecular weight excluding hydrogens is 198 g/mol. The molecule has 0 aromatic rings. The fourth-order valence-corrected chi connectivity index (χ4v) is 2.67. The molecule has 1 unspecified atom stereocenters. The Labute approximate surface area is 76.1 Å². The maximum atomic E-state index is 12.3. The van der Waals surface area contributed by atoms with Gasteiger partial charge in [0.05, 0.1) is 0 Å². The Morgan fingerprint density at radius 1 is 1.38 bits per heavy atom. The molecule has 0 spiro atoms. The van der Waals surface area contributed by atoms with Crippen LogP contribution in [0, 0.1) is 0 Å². The number of halogens is 3. The molecule has 0 N–H and O–H groups in total. The maximum absolute atomic E-state index is 12.3. The third-order valence-electron chi connectivity index (χ3n) is 2.36. The van der Waals surface area contributed by atoms with Crippen LogP contribution in [0.15, 0.2) is 16.9 Å². The van der Waals surface area contributed by atoms with Crippen LogP contribution in [-0.2, 0) is 0 Å². The summed E-state index contributed by atoms with van der Waals surface area (Å²) in [5, 5.41) is 0. The molecule has 0 bridgehead atoms. The van der Waals surface area contributed by atoms with Gasteiger partial charge in [0.2, 0.25) is 0 Å². The van der Waals surface area contributed by atoms with Crippen molar-refractivity contribution in [2.45, 2.75) is 18.8 Å². The van der Waals surface area contributed by atoms with E-state index in [2.05, 4.69) is 4.76 Å². The van der Waals surface area contributed by atoms with Crippen LogP contribution in [0.4, 0.5) is 13.2 Å². The molecule has 13 heavy (non-hydrogen) atoms. The zero-order chi connectivity index (χ0) is 10.3. The molecule has 0 aromatic carbocycles. The molecule has 0 radical (unpaired) electrons. The SMILES string of the molecule is CC1C=CC(C(F)(F)F)=N[PH]1(C)C. The normalized spacial score (nSPS) is 29.7. The van der Waals surface area contributed by atoms with E-state index in [0.717, 1.165) is 6.08 Å². The van der Waals surface area contributed by atoms with Crippen molar-refractivity contribution >= 4 is 13.1 Å². The zero-order valence-corrected chi connectivity index (χ0v) is 8.81. The van der Waals surface area contributed by atoms with Gasteiger partial charge in [-0.1, -0.05) is 0 Å². The van der Waals surface area contributed by atoms with E-state index < -0.39 is 19.3 Å². The molecule has 0 aliphatic carbocycles. The third-order valence-corrected chi connectivity index (χ3v) is 5.59. The predicted molar refractivity (Wildman–Crippen MR) is 52.3 cm³/mol. The number of hydrogen-bond donors (Lipinski definition) is 0. The van der Waals surface area contributed by atoms with E-state index >= 15 is 0 Å². The number of allylic oxidation sites excluding steroid dienone is 2. The molecular formula is C8H13F3NP. The van der Waals surface area contributed by atoms with E-state index in [1.807, 2.05) is 20.3 Å². The van der Waals surface area contributed by atoms with E-state index in [1.54, 1.807) is 6.08 Å². The summed E-state index contributed by atoms with van der Waals surface area (Å²) in [6, 6.07) is 0. The first-order valence-corrected chi connectivity index (χ1v) is 7.11. The summed E-state index contributed by atoms with van der Waals surface area (Å²) in [5.74, 6) is 0. The Kier molecular flexibility index (Phi) is 2.54. The first-order chi connectivity index (χ1) is 5.73. The molecule has 0 saturated carbocycles. The van der Waals surface area contributed by atoms with Gasteiger partial charge in [0.1, 0.15) is 0 Å². The van der Waals surface area contributed by atoms with Crippen LogP contribution >= 0.6 is 7.41 Å². The van der Waals surface area contributed by atoms with Gasteiger partial charge < -0.3 is 0 Å². The number of nitrogens with zero attached hydrogens (tertiary/aromatic N) is 1. The predicted octanol–water partition coefficient (Wildman–Crippen LogP) is 2.87. The minimum atomic E-state index is -4.29. The van der Waals surface area contributed by atoms with Gasteiger partial charge >= 0.3 is 75.3 Å². The van der Waals surface area contributed by atoms with Crippen LogP contribution in [-0.4, -0.2) is 30.9 Å². The van der Waals surface area contributed by atoms with Gasteiger partial charge in [-0.15, -0.1) is 0 Å². The van der Waals surface area contributed by atoms with Crippen LogP contribution in [0.25, 0.3) is 0 Å². The molecule has 5 heteroatoms. The second kappa shape index (κ2) is 3.09. The third kappa shape index (κ3) is 2.31. The Hall–Kier alpha value is -0.370. The van der Waals surface area contributed by atoms with Crippen molar-refractivity contribution in [3.8, 4) is 0 Å². The van der Waals surface area contributed by atoms with Gasteiger partial charge in [0.25, 0.3) is 0 Å². The van der Waals surface area contributed by atoms with E-state index in [-0.39, 0.29) is 5.66 Å². The molecule has 0 saturated heterocycles. The van der Waals surface area contributed by atoms with Crippen LogP contribution in [0.1, 0.15) is 6.92 Å². The summed E-state index contributed by atoms with van der Waals surface area (Å²) in [6.07, 6.45) is -1.59. The molecule has 1 heterocycles. The first-order valence-electron chi connectivity index (χ1n) is 4.09. The molecule has 1 aliphatic heterocycles. The summed E-state index contributed by atoms with van der Waals surface area (Å²) in [6.45, 7) is 5.60. The molecule has 1 aliphatic rings. The minimum absolute atomic E-state index is 0.179. The van der Waals surface area contributed by atoms with Crippen LogP contribution in [0.2, 0.25) is 0 Å². The van der Waals surface area contributed by atoms with Crippen molar-refractivity contribution in [2.75, 3.05) is 13.3 Å². The zero-order valence-electron chi connectivity index (χ0n) is 7.81. The van der Waals surface area contributed by atoms with Crippen molar-refractivity contribution in [1.29, 1.82) is 0 Å². The van der Waals surface area contributed by atoms with Gasteiger partial charge in [0.15, 0.2) is 0 Å². The molecule has 0 aromatic heterocycles. The van der Waals surface area contributed by atoms with Gasteiger partial charge in [-0.05, 0) is 0 Å². The average Bonchev–Trinajstić information content (AvgIpc) is 1.92. The Bertz CT molecular complexity index is 265. The van der Waals surface area contributed by atoms with Crippen molar-refractivity contribution in [2.24, 2.45) is 4.76 Å². The van der Waals surface area contributed by atoms with E-state index in [4.69, 9.17) is 0 Å². The number of hydrogen-bond acceptors (Lipinski definition) is 1. The molecule has 1 rings (SSSR count). The fraction of sp³-hybridized carbons (Fsp3) is 0.625. The Morgan fingerprint density at radius 2 is 1.92 bits per heavy atom. The van der Waals surface area contributed by atoms with E-state index in [0.29, 0.717) is 0 Å². The quantitative estimate of drug-likeness (QED) is 0.546. The van der Waals surface area contributed by atoms with Crippen LogP contribution in [0.3, 0.4) is 0 Å². The topological polar surface area (TPSA) is 12.4 Å². The average molecular weight is 211 g/mol. The summed E-state index contributed by atoms with van der Waals surface area (Å²) < 4.78 is 40.6. The Balaban J connectivity index is 2.99. The van der Waals surface area contributed by atoms with Gasteiger partial charge in [-0.3, -0.25) is 0 Å². The van der Waals surface area contributed by atoms with Crippen molar-refractivity contribution in [3.63, 3.8) is 0 Å². The van der Waals surface area contributed by atoms with Crippen molar-refractivity contribution in [1.82, 2.24) is 0 Å². The molecule has 0 amide bonds.